The summed E-state index contributed by atoms with van der Waals surface area (Å²) in [7, 11) is 0. The molecule has 2 saturated heterocycles. The minimum atomic E-state index is -0.0489. The van der Waals surface area contributed by atoms with Crippen molar-refractivity contribution in [3.8, 4) is 0 Å². The van der Waals surface area contributed by atoms with E-state index in [-0.39, 0.29) is 17.9 Å². The van der Waals surface area contributed by atoms with E-state index in [0.29, 0.717) is 25.9 Å². The Labute approximate surface area is 115 Å². The topological polar surface area (TPSA) is 59.6 Å². The number of rotatable bonds is 6. The zero-order chi connectivity index (χ0) is 13.5. The fourth-order valence-corrected chi connectivity index (χ4v) is 2.80. The first-order valence-corrected chi connectivity index (χ1v) is 7.51. The van der Waals surface area contributed by atoms with E-state index in [9.17, 15) is 4.79 Å². The van der Waals surface area contributed by atoms with Gasteiger partial charge in [-0.25, -0.2) is 0 Å². The summed E-state index contributed by atoms with van der Waals surface area (Å²) in [5, 5.41) is 6.33. The second kappa shape index (κ2) is 7.82. The molecular weight excluding hydrogens is 244 g/mol. The molecule has 0 aromatic heterocycles. The van der Waals surface area contributed by atoms with E-state index in [4.69, 9.17) is 9.47 Å². The van der Waals surface area contributed by atoms with Crippen LogP contribution in [0.3, 0.4) is 0 Å². The first-order valence-electron chi connectivity index (χ1n) is 7.51. The quantitative estimate of drug-likeness (QED) is 0.745. The second-order valence-corrected chi connectivity index (χ2v) is 5.38. The number of hydrogen-bond acceptors (Lipinski definition) is 4. The van der Waals surface area contributed by atoms with Gasteiger partial charge in [0.1, 0.15) is 0 Å². The van der Waals surface area contributed by atoms with E-state index in [0.717, 1.165) is 26.0 Å². The Balaban J connectivity index is 1.65. The third-order valence-corrected chi connectivity index (χ3v) is 3.92. The van der Waals surface area contributed by atoms with Crippen molar-refractivity contribution in [3.05, 3.63) is 0 Å². The van der Waals surface area contributed by atoms with Crippen LogP contribution in [0.25, 0.3) is 0 Å². The van der Waals surface area contributed by atoms with Crippen LogP contribution in [-0.4, -0.2) is 51.0 Å². The molecule has 1 amide bonds. The minimum absolute atomic E-state index is 0.0489. The molecule has 2 fully saturated rings. The summed E-state index contributed by atoms with van der Waals surface area (Å²) in [6.45, 7) is 5.67. The summed E-state index contributed by atoms with van der Waals surface area (Å²) < 4.78 is 11.0. The summed E-state index contributed by atoms with van der Waals surface area (Å²) in [5.41, 5.74) is 0. The molecule has 2 rings (SSSR count). The number of likely N-dealkylation sites (N-methyl/N-ethyl adjacent to an activating group) is 1. The first kappa shape index (κ1) is 14.8. The molecule has 0 aromatic carbocycles. The Morgan fingerprint density at radius 2 is 2.21 bits per heavy atom. The Morgan fingerprint density at radius 3 is 2.95 bits per heavy atom. The summed E-state index contributed by atoms with van der Waals surface area (Å²) in [5.74, 6) is 0.0616. The highest BCUT2D eigenvalue weighted by Crippen LogP contribution is 2.16. The zero-order valence-electron chi connectivity index (χ0n) is 11.8. The van der Waals surface area contributed by atoms with Crippen LogP contribution in [0.1, 0.15) is 32.6 Å². The van der Waals surface area contributed by atoms with Gasteiger partial charge in [-0.15, -0.1) is 0 Å². The van der Waals surface area contributed by atoms with Crippen LogP contribution in [0.4, 0.5) is 0 Å². The predicted molar refractivity (Wildman–Crippen MR) is 73.0 cm³/mol. The van der Waals surface area contributed by atoms with E-state index in [1.54, 1.807) is 0 Å². The van der Waals surface area contributed by atoms with Gasteiger partial charge in [0.2, 0.25) is 5.91 Å². The van der Waals surface area contributed by atoms with Gasteiger partial charge in [0.05, 0.1) is 25.2 Å². The lowest BCUT2D eigenvalue weighted by molar-refractivity contribution is -0.125. The average Bonchev–Trinajstić information content (AvgIpc) is 2.89. The van der Waals surface area contributed by atoms with Gasteiger partial charge >= 0.3 is 0 Å². The second-order valence-electron chi connectivity index (χ2n) is 5.38. The molecule has 0 spiro atoms. The molecule has 0 aromatic rings. The van der Waals surface area contributed by atoms with Crippen molar-refractivity contribution in [3.63, 3.8) is 0 Å². The summed E-state index contributed by atoms with van der Waals surface area (Å²) in [6.07, 6.45) is 4.80. The van der Waals surface area contributed by atoms with E-state index >= 15 is 0 Å². The number of ether oxygens (including phenoxy) is 2. The van der Waals surface area contributed by atoms with Crippen LogP contribution in [-0.2, 0) is 14.3 Å². The molecule has 3 atom stereocenters. The molecule has 2 N–H and O–H groups in total. The highest BCUT2D eigenvalue weighted by Gasteiger charge is 2.33. The average molecular weight is 270 g/mol. The number of carbonyl (C=O) groups excluding carboxylic acids is 1. The van der Waals surface area contributed by atoms with Crippen molar-refractivity contribution in [1.29, 1.82) is 0 Å². The molecule has 19 heavy (non-hydrogen) atoms. The molecule has 0 radical (unpaired) electrons. The molecule has 110 valence electrons. The van der Waals surface area contributed by atoms with Crippen molar-refractivity contribution in [2.24, 2.45) is 5.92 Å². The van der Waals surface area contributed by atoms with E-state index < -0.39 is 0 Å². The minimum Gasteiger partial charge on any atom is -0.379 e. The Hall–Kier alpha value is -0.650. The molecular formula is C14H26N2O3. The molecule has 2 aliphatic rings. The van der Waals surface area contributed by atoms with Gasteiger partial charge in [0.25, 0.3) is 0 Å². The summed E-state index contributed by atoms with van der Waals surface area (Å²) in [6, 6.07) is 0.163. The molecule has 5 nitrogen and oxygen atoms in total. The van der Waals surface area contributed by atoms with Crippen LogP contribution >= 0.6 is 0 Å². The molecule has 5 heteroatoms. The molecule has 0 aliphatic carbocycles. The maximum absolute atomic E-state index is 12.1. The van der Waals surface area contributed by atoms with Crippen molar-refractivity contribution in [2.45, 2.75) is 44.8 Å². The monoisotopic (exact) mass is 270 g/mol. The maximum atomic E-state index is 12.1. The third-order valence-electron chi connectivity index (χ3n) is 3.92. The normalized spacial score (nSPS) is 31.3. The standard InChI is InChI=1S/C14H26N2O3/c1-2-15-13-10-18-9-12(13)14(17)16-7-6-11-5-3-4-8-19-11/h11-13,15H,2-10H2,1H3,(H,16,17). The number of hydrogen-bond donors (Lipinski definition) is 2. The maximum Gasteiger partial charge on any atom is 0.227 e. The van der Waals surface area contributed by atoms with Crippen LogP contribution in [0.2, 0.25) is 0 Å². The van der Waals surface area contributed by atoms with Crippen molar-refractivity contribution in [1.82, 2.24) is 10.6 Å². The summed E-state index contributed by atoms with van der Waals surface area (Å²) in [4.78, 5) is 12.1. The predicted octanol–water partition coefficient (Wildman–Crippen LogP) is 0.686. The lowest BCUT2D eigenvalue weighted by Gasteiger charge is -2.23. The van der Waals surface area contributed by atoms with Gasteiger partial charge in [-0.1, -0.05) is 6.92 Å². The smallest absolute Gasteiger partial charge is 0.227 e. The van der Waals surface area contributed by atoms with Crippen LogP contribution in [0.5, 0.6) is 0 Å². The van der Waals surface area contributed by atoms with E-state index in [1.807, 2.05) is 6.92 Å². The number of nitrogens with one attached hydrogen (secondary N) is 2. The van der Waals surface area contributed by atoms with Gasteiger partial charge < -0.3 is 20.1 Å². The zero-order valence-corrected chi connectivity index (χ0v) is 11.8. The lowest BCUT2D eigenvalue weighted by atomic mass is 10.0. The Morgan fingerprint density at radius 1 is 1.32 bits per heavy atom. The lowest BCUT2D eigenvalue weighted by Crippen LogP contribution is -2.44. The highest BCUT2D eigenvalue weighted by atomic mass is 16.5. The number of amides is 1. The fourth-order valence-electron chi connectivity index (χ4n) is 2.80. The van der Waals surface area contributed by atoms with Gasteiger partial charge in [-0.3, -0.25) is 4.79 Å². The molecule has 2 heterocycles. The van der Waals surface area contributed by atoms with Crippen LogP contribution in [0, 0.1) is 5.92 Å². The molecule has 3 unspecified atom stereocenters. The fraction of sp³-hybridized carbons (Fsp3) is 0.929. The first-order chi connectivity index (χ1) is 9.31. The SMILES string of the molecule is CCNC1COCC1C(=O)NCCC1CCCCO1. The van der Waals surface area contributed by atoms with E-state index in [1.165, 1.54) is 12.8 Å². The Bertz CT molecular complexity index is 280. The molecule has 0 saturated carbocycles. The van der Waals surface area contributed by atoms with Crippen molar-refractivity contribution in [2.75, 3.05) is 32.9 Å². The Kier molecular flexibility index (Phi) is 6.07. The van der Waals surface area contributed by atoms with Crippen LogP contribution in [0.15, 0.2) is 0 Å². The third kappa shape index (κ3) is 4.44. The van der Waals surface area contributed by atoms with Crippen LogP contribution < -0.4 is 10.6 Å². The van der Waals surface area contributed by atoms with Gasteiger partial charge in [-0.05, 0) is 32.2 Å². The summed E-state index contributed by atoms with van der Waals surface area (Å²) >= 11 is 0. The van der Waals surface area contributed by atoms with E-state index in [2.05, 4.69) is 10.6 Å². The molecule has 0 bridgehead atoms. The highest BCUT2D eigenvalue weighted by molar-refractivity contribution is 5.79. The largest absolute Gasteiger partial charge is 0.379 e. The number of carbonyl (C=O) groups is 1. The molecule has 2 aliphatic heterocycles. The van der Waals surface area contributed by atoms with Crippen molar-refractivity contribution < 1.29 is 14.3 Å². The van der Waals surface area contributed by atoms with Crippen molar-refractivity contribution >= 4 is 5.91 Å². The van der Waals surface area contributed by atoms with Gasteiger partial charge in [-0.2, -0.15) is 0 Å². The van der Waals surface area contributed by atoms with Gasteiger partial charge in [0.15, 0.2) is 0 Å². The van der Waals surface area contributed by atoms with Gasteiger partial charge in [0, 0.05) is 19.2 Å².